The van der Waals surface area contributed by atoms with E-state index in [1.165, 1.54) is 5.56 Å². The van der Waals surface area contributed by atoms with Gasteiger partial charge in [0.15, 0.2) is 0 Å². The fourth-order valence-corrected chi connectivity index (χ4v) is 2.81. The Morgan fingerprint density at radius 3 is 2.31 bits per heavy atom. The van der Waals surface area contributed by atoms with Crippen LogP contribution in [-0.4, -0.2) is 24.1 Å². The average Bonchev–Trinajstić information content (AvgIpc) is 2.18. The first-order chi connectivity index (χ1) is 7.45. The van der Waals surface area contributed by atoms with Crippen molar-refractivity contribution < 1.29 is 5.11 Å². The molecule has 0 unspecified atom stereocenters. The second-order valence-electron chi connectivity index (χ2n) is 4.88. The maximum absolute atomic E-state index is 9.62. The predicted molar refractivity (Wildman–Crippen MR) is 68.6 cm³/mol. The number of hydrogen-bond acceptors (Lipinski definition) is 2. The quantitative estimate of drug-likeness (QED) is 0.844. The summed E-state index contributed by atoms with van der Waals surface area (Å²) in [5.74, 6) is 0.840. The average molecular weight is 221 g/mol. The highest BCUT2D eigenvalue weighted by Gasteiger charge is 2.36. The van der Waals surface area contributed by atoms with Crippen LogP contribution in [-0.2, 0) is 5.54 Å². The first kappa shape index (κ1) is 13.0. The summed E-state index contributed by atoms with van der Waals surface area (Å²) in [6.45, 7) is 6.66. The molecule has 1 rings (SSSR count). The van der Waals surface area contributed by atoms with E-state index in [4.69, 9.17) is 0 Å². The smallest absolute Gasteiger partial charge is 0.115 e. The zero-order valence-electron chi connectivity index (χ0n) is 11.0. The van der Waals surface area contributed by atoms with Gasteiger partial charge in [0.05, 0.1) is 0 Å². The van der Waals surface area contributed by atoms with Crippen LogP contribution in [0.5, 0.6) is 5.75 Å². The van der Waals surface area contributed by atoms with Crippen molar-refractivity contribution in [1.82, 2.24) is 4.90 Å². The fraction of sp³-hybridized carbons (Fsp3) is 0.571. The molecule has 0 radical (unpaired) electrons. The van der Waals surface area contributed by atoms with Crippen LogP contribution in [0.4, 0.5) is 0 Å². The van der Waals surface area contributed by atoms with Crippen molar-refractivity contribution in [3.63, 3.8) is 0 Å². The summed E-state index contributed by atoms with van der Waals surface area (Å²) in [5.41, 5.74) is 1.19. The highest BCUT2D eigenvalue weighted by atomic mass is 16.3. The molecule has 1 atom stereocenters. The highest BCUT2D eigenvalue weighted by Crippen LogP contribution is 2.38. The molecule has 90 valence electrons. The fourth-order valence-electron chi connectivity index (χ4n) is 2.81. The van der Waals surface area contributed by atoms with Crippen molar-refractivity contribution in [2.75, 3.05) is 14.1 Å². The number of rotatable bonds is 4. The molecule has 0 aliphatic heterocycles. The molecule has 0 amide bonds. The van der Waals surface area contributed by atoms with Crippen LogP contribution in [0.2, 0.25) is 0 Å². The van der Waals surface area contributed by atoms with Gasteiger partial charge in [-0.1, -0.05) is 32.9 Å². The van der Waals surface area contributed by atoms with Gasteiger partial charge in [-0.15, -0.1) is 0 Å². The van der Waals surface area contributed by atoms with Crippen molar-refractivity contribution >= 4 is 0 Å². The predicted octanol–water partition coefficient (Wildman–Crippen LogP) is 3.22. The third-order valence-corrected chi connectivity index (χ3v) is 3.64. The zero-order chi connectivity index (χ0) is 12.3. The van der Waals surface area contributed by atoms with Crippen LogP contribution in [0.1, 0.15) is 32.8 Å². The Kier molecular flexibility index (Phi) is 3.98. The van der Waals surface area contributed by atoms with E-state index < -0.39 is 0 Å². The Morgan fingerprint density at radius 1 is 1.31 bits per heavy atom. The van der Waals surface area contributed by atoms with Crippen molar-refractivity contribution in [2.45, 2.75) is 32.7 Å². The molecule has 1 aromatic carbocycles. The second kappa shape index (κ2) is 4.88. The standard InChI is InChI=1S/C14H23NO/c1-6-14(11(2)3,15(4)5)12-8-7-9-13(16)10-12/h7-11,16H,6H2,1-5H3/t14-/m1/s1. The summed E-state index contributed by atoms with van der Waals surface area (Å²) < 4.78 is 0. The lowest BCUT2D eigenvalue weighted by molar-refractivity contribution is 0.0872. The Hall–Kier alpha value is -1.02. The maximum atomic E-state index is 9.62. The minimum atomic E-state index is -0.00125. The van der Waals surface area contributed by atoms with Crippen molar-refractivity contribution in [2.24, 2.45) is 5.92 Å². The lowest BCUT2D eigenvalue weighted by Crippen LogP contribution is -2.45. The molecular weight excluding hydrogens is 198 g/mol. The lowest BCUT2D eigenvalue weighted by atomic mass is 9.76. The summed E-state index contributed by atoms with van der Waals surface area (Å²) in [7, 11) is 4.21. The largest absolute Gasteiger partial charge is 0.508 e. The number of phenolic OH excluding ortho intramolecular Hbond substituents is 1. The van der Waals surface area contributed by atoms with Crippen LogP contribution < -0.4 is 0 Å². The van der Waals surface area contributed by atoms with Crippen LogP contribution in [0.25, 0.3) is 0 Å². The molecule has 1 aromatic rings. The second-order valence-corrected chi connectivity index (χ2v) is 4.88. The van der Waals surface area contributed by atoms with Gasteiger partial charge in [0, 0.05) is 5.54 Å². The van der Waals surface area contributed by atoms with Gasteiger partial charge in [-0.05, 0) is 44.1 Å². The van der Waals surface area contributed by atoms with E-state index in [0.29, 0.717) is 11.7 Å². The van der Waals surface area contributed by atoms with Gasteiger partial charge in [0.25, 0.3) is 0 Å². The highest BCUT2D eigenvalue weighted by molar-refractivity contribution is 5.33. The SMILES string of the molecule is CC[C@](c1cccc(O)c1)(C(C)C)N(C)C. The van der Waals surface area contributed by atoms with Crippen molar-refractivity contribution in [3.8, 4) is 5.75 Å². The molecule has 1 N–H and O–H groups in total. The van der Waals surface area contributed by atoms with E-state index in [0.717, 1.165) is 6.42 Å². The Balaban J connectivity index is 3.30. The van der Waals surface area contributed by atoms with Gasteiger partial charge in [-0.3, -0.25) is 4.90 Å². The van der Waals surface area contributed by atoms with Crippen molar-refractivity contribution in [1.29, 1.82) is 0 Å². The molecule has 0 aliphatic rings. The molecule has 16 heavy (non-hydrogen) atoms. The minimum Gasteiger partial charge on any atom is -0.508 e. The molecule has 0 saturated carbocycles. The Morgan fingerprint density at radius 2 is 1.94 bits per heavy atom. The first-order valence-electron chi connectivity index (χ1n) is 5.92. The van der Waals surface area contributed by atoms with Gasteiger partial charge in [0.2, 0.25) is 0 Å². The zero-order valence-corrected chi connectivity index (χ0v) is 11.0. The van der Waals surface area contributed by atoms with Gasteiger partial charge >= 0.3 is 0 Å². The number of phenols is 1. The molecule has 2 nitrogen and oxygen atoms in total. The van der Waals surface area contributed by atoms with E-state index in [2.05, 4.69) is 45.8 Å². The number of hydrogen-bond donors (Lipinski definition) is 1. The Bertz CT molecular complexity index is 336. The summed E-state index contributed by atoms with van der Waals surface area (Å²) in [6, 6.07) is 7.62. The maximum Gasteiger partial charge on any atom is 0.115 e. The molecule has 0 aromatic heterocycles. The molecular formula is C14H23NO. The number of aromatic hydroxyl groups is 1. The minimum absolute atomic E-state index is 0.00125. The third kappa shape index (κ3) is 2.07. The molecule has 0 bridgehead atoms. The monoisotopic (exact) mass is 221 g/mol. The molecule has 0 fully saturated rings. The van der Waals surface area contributed by atoms with E-state index in [9.17, 15) is 5.11 Å². The van der Waals surface area contributed by atoms with Gasteiger partial charge < -0.3 is 5.11 Å². The first-order valence-corrected chi connectivity index (χ1v) is 5.92. The van der Waals surface area contributed by atoms with Gasteiger partial charge in [-0.2, -0.15) is 0 Å². The van der Waals surface area contributed by atoms with E-state index in [1.807, 2.05) is 12.1 Å². The molecule has 0 spiro atoms. The van der Waals surface area contributed by atoms with Gasteiger partial charge in [-0.25, -0.2) is 0 Å². The van der Waals surface area contributed by atoms with Gasteiger partial charge in [0.1, 0.15) is 5.75 Å². The van der Waals surface area contributed by atoms with Crippen LogP contribution >= 0.6 is 0 Å². The summed E-state index contributed by atoms with van der Waals surface area (Å²) in [4.78, 5) is 2.26. The molecule has 0 heterocycles. The number of nitrogens with zero attached hydrogens (tertiary/aromatic N) is 1. The van der Waals surface area contributed by atoms with Crippen molar-refractivity contribution in [3.05, 3.63) is 29.8 Å². The third-order valence-electron chi connectivity index (χ3n) is 3.64. The van der Waals surface area contributed by atoms with Crippen LogP contribution in [0.3, 0.4) is 0 Å². The molecule has 2 heteroatoms. The van der Waals surface area contributed by atoms with E-state index in [1.54, 1.807) is 6.07 Å². The van der Waals surface area contributed by atoms with E-state index >= 15 is 0 Å². The molecule has 0 aliphatic carbocycles. The van der Waals surface area contributed by atoms with Crippen LogP contribution in [0, 0.1) is 5.92 Å². The Labute approximate surface area is 98.9 Å². The normalized spacial score (nSPS) is 15.4. The topological polar surface area (TPSA) is 23.5 Å². The summed E-state index contributed by atoms with van der Waals surface area (Å²) in [6.07, 6.45) is 1.03. The molecule has 0 saturated heterocycles. The summed E-state index contributed by atoms with van der Waals surface area (Å²) >= 11 is 0. The van der Waals surface area contributed by atoms with Crippen LogP contribution in [0.15, 0.2) is 24.3 Å². The summed E-state index contributed by atoms with van der Waals surface area (Å²) in [5, 5.41) is 9.62. The number of benzene rings is 1. The lowest BCUT2D eigenvalue weighted by Gasteiger charge is -2.43. The van der Waals surface area contributed by atoms with E-state index in [-0.39, 0.29) is 5.54 Å².